The molecule has 0 aliphatic carbocycles. The van der Waals surface area contributed by atoms with Crippen molar-refractivity contribution in [2.45, 2.75) is 31.4 Å². The molecule has 2 amide bonds. The summed E-state index contributed by atoms with van der Waals surface area (Å²) in [4.78, 5) is 31.1. The van der Waals surface area contributed by atoms with E-state index < -0.39 is 23.5 Å². The van der Waals surface area contributed by atoms with Crippen LogP contribution in [0.2, 0.25) is 0 Å². The van der Waals surface area contributed by atoms with Crippen molar-refractivity contribution in [3.63, 3.8) is 0 Å². The summed E-state index contributed by atoms with van der Waals surface area (Å²) in [6, 6.07) is 15.1. The molecule has 1 unspecified atom stereocenters. The number of carbonyl (C=O) groups is 2. The Kier molecular flexibility index (Phi) is 7.01. The minimum Gasteiger partial charge on any atom is -0.431 e. The number of ether oxygens (including phenoxy) is 1. The van der Waals surface area contributed by atoms with Crippen LogP contribution in [0, 0.1) is 5.92 Å². The van der Waals surface area contributed by atoms with E-state index in [1.807, 2.05) is 17.0 Å². The smallest absolute Gasteiger partial charge is 0.431 e. The second-order valence-corrected chi connectivity index (χ2v) is 9.30. The quantitative estimate of drug-likeness (QED) is 0.497. The van der Waals surface area contributed by atoms with E-state index in [2.05, 4.69) is 10.3 Å². The lowest BCUT2D eigenvalue weighted by Gasteiger charge is -2.33. The van der Waals surface area contributed by atoms with Crippen LogP contribution in [0.1, 0.15) is 47.0 Å². The molecule has 2 aliphatic heterocycles. The maximum absolute atomic E-state index is 13.6. The van der Waals surface area contributed by atoms with Crippen LogP contribution in [-0.2, 0) is 15.7 Å². The molecule has 3 aromatic rings. The van der Waals surface area contributed by atoms with Gasteiger partial charge in [0, 0.05) is 30.9 Å². The van der Waals surface area contributed by atoms with Crippen molar-refractivity contribution in [2.75, 3.05) is 31.6 Å². The van der Waals surface area contributed by atoms with Crippen LogP contribution in [0.4, 0.5) is 18.9 Å². The highest BCUT2D eigenvalue weighted by Crippen LogP contribution is 2.36. The van der Waals surface area contributed by atoms with E-state index in [4.69, 9.17) is 9.15 Å². The Labute approximate surface area is 211 Å². The van der Waals surface area contributed by atoms with Gasteiger partial charge in [0.2, 0.25) is 17.6 Å². The van der Waals surface area contributed by atoms with Gasteiger partial charge in [0.15, 0.2) is 5.69 Å². The Morgan fingerprint density at radius 2 is 1.68 bits per heavy atom. The molecule has 0 spiro atoms. The third-order valence-electron chi connectivity index (χ3n) is 6.85. The number of piperidine rings is 1. The van der Waals surface area contributed by atoms with Crippen LogP contribution in [-0.4, -0.2) is 48.0 Å². The fraction of sp³-hybridized carbons (Fsp3) is 0.370. The van der Waals surface area contributed by atoms with Crippen LogP contribution < -0.4 is 5.32 Å². The largest absolute Gasteiger partial charge is 0.452 e. The maximum atomic E-state index is 13.6. The Balaban J connectivity index is 1.24. The first-order valence-electron chi connectivity index (χ1n) is 12.2. The SMILES string of the molecule is O=C(Nc1ccc(C2CCN(C(=O)C3CCOC3)CC2)cc1)c1nc(-c2ccccc2)oc1C(F)(F)F. The average Bonchev–Trinajstić information content (AvgIpc) is 3.60. The molecule has 1 N–H and O–H groups in total. The van der Waals surface area contributed by atoms with Gasteiger partial charge in [-0.1, -0.05) is 30.3 Å². The predicted molar refractivity (Wildman–Crippen MR) is 129 cm³/mol. The number of halogens is 3. The number of rotatable bonds is 5. The van der Waals surface area contributed by atoms with Crippen molar-refractivity contribution < 1.29 is 31.9 Å². The number of nitrogens with one attached hydrogen (secondary N) is 1. The van der Waals surface area contributed by atoms with Gasteiger partial charge < -0.3 is 19.4 Å². The molecular weight excluding hydrogens is 487 g/mol. The van der Waals surface area contributed by atoms with Gasteiger partial charge in [-0.15, -0.1) is 0 Å². The lowest BCUT2D eigenvalue weighted by molar-refractivity contribution is -0.153. The summed E-state index contributed by atoms with van der Waals surface area (Å²) >= 11 is 0. The van der Waals surface area contributed by atoms with Crippen molar-refractivity contribution >= 4 is 17.5 Å². The summed E-state index contributed by atoms with van der Waals surface area (Å²) in [5.74, 6) is -2.34. The van der Waals surface area contributed by atoms with Crippen LogP contribution in [0.3, 0.4) is 0 Å². The summed E-state index contributed by atoms with van der Waals surface area (Å²) in [6.07, 6.45) is -2.46. The lowest BCUT2D eigenvalue weighted by atomic mass is 9.89. The maximum Gasteiger partial charge on any atom is 0.452 e. The van der Waals surface area contributed by atoms with Crippen molar-refractivity contribution in [1.82, 2.24) is 9.88 Å². The number of amides is 2. The van der Waals surface area contributed by atoms with Gasteiger partial charge in [0.05, 0.1) is 12.5 Å². The number of hydrogen-bond acceptors (Lipinski definition) is 5. The molecule has 0 bridgehead atoms. The molecule has 194 valence electrons. The number of aromatic nitrogens is 1. The van der Waals surface area contributed by atoms with E-state index in [1.165, 1.54) is 0 Å². The zero-order valence-electron chi connectivity index (χ0n) is 20.0. The fourth-order valence-electron chi connectivity index (χ4n) is 4.82. The van der Waals surface area contributed by atoms with Crippen LogP contribution in [0.15, 0.2) is 59.0 Å². The molecular formula is C27H26F3N3O4. The molecule has 1 aromatic heterocycles. The number of hydrogen-bond donors (Lipinski definition) is 1. The molecule has 10 heteroatoms. The molecule has 2 aromatic carbocycles. The van der Waals surface area contributed by atoms with Gasteiger partial charge in [-0.3, -0.25) is 9.59 Å². The molecule has 0 radical (unpaired) electrons. The monoisotopic (exact) mass is 513 g/mol. The Bertz CT molecular complexity index is 1240. The normalized spacial score (nSPS) is 18.7. The molecule has 2 fully saturated rings. The van der Waals surface area contributed by atoms with Crippen LogP contribution in [0.5, 0.6) is 0 Å². The van der Waals surface area contributed by atoms with Gasteiger partial charge in [-0.05, 0) is 55.0 Å². The average molecular weight is 514 g/mol. The molecule has 37 heavy (non-hydrogen) atoms. The number of anilines is 1. The van der Waals surface area contributed by atoms with Gasteiger partial charge >= 0.3 is 6.18 Å². The third kappa shape index (κ3) is 5.53. The Morgan fingerprint density at radius 1 is 0.973 bits per heavy atom. The minimum atomic E-state index is -4.88. The second kappa shape index (κ2) is 10.4. The summed E-state index contributed by atoms with van der Waals surface area (Å²) in [5, 5.41) is 2.49. The zero-order chi connectivity index (χ0) is 26.0. The fourth-order valence-corrected chi connectivity index (χ4v) is 4.82. The zero-order valence-corrected chi connectivity index (χ0v) is 20.0. The topological polar surface area (TPSA) is 84.7 Å². The van der Waals surface area contributed by atoms with E-state index in [-0.39, 0.29) is 23.6 Å². The van der Waals surface area contributed by atoms with Gasteiger partial charge in [-0.25, -0.2) is 4.98 Å². The first-order chi connectivity index (χ1) is 17.8. The second-order valence-electron chi connectivity index (χ2n) is 9.30. The van der Waals surface area contributed by atoms with Crippen molar-refractivity contribution in [2.24, 2.45) is 5.92 Å². The summed E-state index contributed by atoms with van der Waals surface area (Å²) in [6.45, 7) is 2.49. The highest BCUT2D eigenvalue weighted by molar-refractivity contribution is 6.04. The molecule has 1 atom stereocenters. The summed E-state index contributed by atoms with van der Waals surface area (Å²) in [7, 11) is 0. The van der Waals surface area contributed by atoms with Crippen molar-refractivity contribution in [1.29, 1.82) is 0 Å². The highest BCUT2D eigenvalue weighted by atomic mass is 19.4. The van der Waals surface area contributed by atoms with Crippen LogP contribution >= 0.6 is 0 Å². The summed E-state index contributed by atoms with van der Waals surface area (Å²) in [5.41, 5.74) is 0.916. The van der Waals surface area contributed by atoms with Gasteiger partial charge in [0.1, 0.15) is 0 Å². The predicted octanol–water partition coefficient (Wildman–Crippen LogP) is 5.36. The van der Waals surface area contributed by atoms with E-state index >= 15 is 0 Å². The standard InChI is InChI=1S/C27H26F3N3O4/c28-27(29,30)23-22(32-25(37-23)19-4-2-1-3-5-19)24(34)31-21-8-6-17(7-9-21)18-10-13-33(14-11-18)26(35)20-12-15-36-16-20/h1-9,18,20H,10-16H2,(H,31,34). The highest BCUT2D eigenvalue weighted by Gasteiger charge is 2.42. The summed E-state index contributed by atoms with van der Waals surface area (Å²) < 4.78 is 50.9. The minimum absolute atomic E-state index is 0.0363. The number of likely N-dealkylation sites (tertiary alicyclic amines) is 1. The molecule has 5 rings (SSSR count). The molecule has 2 saturated heterocycles. The van der Waals surface area contributed by atoms with Gasteiger partial charge in [-0.2, -0.15) is 13.2 Å². The van der Waals surface area contributed by atoms with Gasteiger partial charge in [0.25, 0.3) is 5.91 Å². The third-order valence-corrected chi connectivity index (χ3v) is 6.85. The lowest BCUT2D eigenvalue weighted by Crippen LogP contribution is -2.41. The Morgan fingerprint density at radius 3 is 2.30 bits per heavy atom. The van der Waals surface area contributed by atoms with E-state index in [1.54, 1.807) is 42.5 Å². The Hall–Kier alpha value is -3.66. The number of carbonyl (C=O) groups excluding carboxylic acids is 2. The molecule has 2 aliphatic rings. The number of benzene rings is 2. The molecule has 7 nitrogen and oxygen atoms in total. The molecule has 0 saturated carbocycles. The van der Waals surface area contributed by atoms with E-state index in [0.717, 1.165) is 24.8 Å². The molecule has 3 heterocycles. The number of oxazole rings is 1. The van der Waals surface area contributed by atoms with Crippen molar-refractivity contribution in [3.8, 4) is 11.5 Å². The van der Waals surface area contributed by atoms with E-state index in [0.29, 0.717) is 37.6 Å². The number of nitrogens with zero attached hydrogens (tertiary/aromatic N) is 2. The first-order valence-corrected chi connectivity index (χ1v) is 12.2. The number of alkyl halides is 3. The van der Waals surface area contributed by atoms with Crippen LogP contribution in [0.25, 0.3) is 11.5 Å². The van der Waals surface area contributed by atoms with E-state index in [9.17, 15) is 22.8 Å². The van der Waals surface area contributed by atoms with Crippen molar-refractivity contribution in [3.05, 3.63) is 71.6 Å². The first kappa shape index (κ1) is 25.0.